The topological polar surface area (TPSA) is 80.9 Å². The van der Waals surface area contributed by atoms with E-state index in [4.69, 9.17) is 0 Å². The Kier molecular flexibility index (Phi) is 4.11. The van der Waals surface area contributed by atoms with Gasteiger partial charge in [-0.3, -0.25) is 4.79 Å². The van der Waals surface area contributed by atoms with Crippen LogP contribution in [0.1, 0.15) is 65.7 Å². The average Bonchev–Trinajstić information content (AvgIpc) is 3.06. The Hall–Kier alpha value is -1.30. The maximum absolute atomic E-state index is 13.5. The molecule has 0 bridgehead atoms. The van der Waals surface area contributed by atoms with Gasteiger partial charge in [-0.15, -0.1) is 5.10 Å². The fourth-order valence-corrected chi connectivity index (χ4v) is 9.60. The molecule has 5 aliphatic carbocycles. The molecule has 0 aliphatic heterocycles. The third-order valence-corrected chi connectivity index (χ3v) is 10.6. The second kappa shape index (κ2) is 6.36. The Morgan fingerprint density at radius 3 is 2.67 bits per heavy atom. The first-order chi connectivity index (χ1) is 14.3. The summed E-state index contributed by atoms with van der Waals surface area (Å²) >= 11 is 0. The molecule has 0 spiro atoms. The van der Waals surface area contributed by atoms with E-state index in [-0.39, 0.29) is 11.3 Å². The highest BCUT2D eigenvalue weighted by Crippen LogP contribution is 2.76. The van der Waals surface area contributed by atoms with Crippen LogP contribution in [0.5, 0.6) is 0 Å². The van der Waals surface area contributed by atoms with Crippen molar-refractivity contribution in [3.05, 3.63) is 6.33 Å². The van der Waals surface area contributed by atoms with Crippen LogP contribution >= 0.6 is 0 Å². The molecule has 5 saturated carbocycles. The lowest BCUT2D eigenvalue weighted by Gasteiger charge is -2.58. The van der Waals surface area contributed by atoms with Crippen molar-refractivity contribution in [2.75, 3.05) is 0 Å². The van der Waals surface area contributed by atoms with Gasteiger partial charge in [0.25, 0.3) is 0 Å². The summed E-state index contributed by atoms with van der Waals surface area (Å²) in [6, 6.07) is 0. The number of aromatic nitrogens is 4. The summed E-state index contributed by atoms with van der Waals surface area (Å²) in [5.74, 6) is 6.38. The number of hydrogen-bond acceptors (Lipinski definition) is 5. The van der Waals surface area contributed by atoms with E-state index in [2.05, 4.69) is 29.4 Å². The van der Waals surface area contributed by atoms with Crippen LogP contribution in [0, 0.1) is 58.7 Å². The molecule has 0 unspecified atom stereocenters. The van der Waals surface area contributed by atoms with Crippen LogP contribution in [-0.2, 0) is 11.3 Å². The molecule has 1 aromatic rings. The molecule has 0 saturated heterocycles. The van der Waals surface area contributed by atoms with Gasteiger partial charge in [0.1, 0.15) is 12.9 Å². The van der Waals surface area contributed by atoms with Crippen molar-refractivity contribution >= 4 is 5.78 Å². The van der Waals surface area contributed by atoms with Crippen molar-refractivity contribution in [2.24, 2.45) is 58.7 Å². The summed E-state index contributed by atoms with van der Waals surface area (Å²) in [5, 5.41) is 22.0. The van der Waals surface area contributed by atoms with Crippen molar-refractivity contribution in [3.8, 4) is 0 Å². The molecule has 6 heteroatoms. The lowest BCUT2D eigenvalue weighted by Crippen LogP contribution is -2.52. The Bertz CT molecular complexity index is 838. The molecule has 0 amide bonds. The SMILES string of the molecule is C[C@H]1[C@@H]2[C@H]1[C@H](C(=O)Cn1cnnn1)[C@@]1(C)CC[C@H]3[C@@H](CC[C@@H]4C[C@](C)(O)CC[C@@H]43)[C@H]21. The molecule has 0 radical (unpaired) electrons. The van der Waals surface area contributed by atoms with Crippen LogP contribution in [-0.4, -0.2) is 36.7 Å². The zero-order valence-electron chi connectivity index (χ0n) is 18.6. The predicted molar refractivity (Wildman–Crippen MR) is 111 cm³/mol. The molecule has 11 atom stereocenters. The minimum absolute atomic E-state index is 0.154. The minimum atomic E-state index is -0.450. The van der Waals surface area contributed by atoms with Gasteiger partial charge in [0.15, 0.2) is 5.78 Å². The Balaban J connectivity index is 1.27. The molecule has 1 aromatic heterocycles. The van der Waals surface area contributed by atoms with Crippen molar-refractivity contribution in [3.63, 3.8) is 0 Å². The lowest BCUT2D eigenvalue weighted by molar-refractivity contribution is -0.137. The van der Waals surface area contributed by atoms with Crippen LogP contribution in [0.3, 0.4) is 0 Å². The van der Waals surface area contributed by atoms with E-state index >= 15 is 0 Å². The van der Waals surface area contributed by atoms with Gasteiger partial charge < -0.3 is 5.11 Å². The number of Topliss-reactive ketones (excluding diaryl/α,β-unsaturated/α-hetero) is 1. The van der Waals surface area contributed by atoms with E-state index < -0.39 is 5.60 Å². The third kappa shape index (κ3) is 2.64. The summed E-state index contributed by atoms with van der Waals surface area (Å²) < 4.78 is 1.60. The highest BCUT2D eigenvalue weighted by molar-refractivity contribution is 5.83. The second-order valence-corrected chi connectivity index (χ2v) is 12.1. The quantitative estimate of drug-likeness (QED) is 0.823. The molecular weight excluding hydrogens is 376 g/mol. The number of hydrogen-bond donors (Lipinski definition) is 1. The molecule has 6 nitrogen and oxygen atoms in total. The zero-order valence-corrected chi connectivity index (χ0v) is 18.6. The first kappa shape index (κ1) is 19.4. The van der Waals surface area contributed by atoms with Crippen molar-refractivity contribution in [1.82, 2.24) is 20.2 Å². The van der Waals surface area contributed by atoms with E-state index in [1.165, 1.54) is 32.1 Å². The summed E-state index contributed by atoms with van der Waals surface area (Å²) in [6.07, 6.45) is 9.81. The van der Waals surface area contributed by atoms with Crippen molar-refractivity contribution in [2.45, 2.75) is 77.9 Å². The highest BCUT2D eigenvalue weighted by atomic mass is 16.3. The Morgan fingerprint density at radius 2 is 1.90 bits per heavy atom. The fourth-order valence-electron chi connectivity index (χ4n) is 9.60. The number of carbonyl (C=O) groups excluding carboxylic acids is 1. The number of rotatable bonds is 3. The van der Waals surface area contributed by atoms with Gasteiger partial charge in [-0.1, -0.05) is 13.8 Å². The summed E-state index contributed by atoms with van der Waals surface area (Å²) in [7, 11) is 0. The number of fused-ring (bicyclic) bond motifs is 7. The van der Waals surface area contributed by atoms with Crippen molar-refractivity contribution in [1.29, 1.82) is 0 Å². The van der Waals surface area contributed by atoms with Gasteiger partial charge in [0, 0.05) is 5.92 Å². The van der Waals surface area contributed by atoms with Crippen LogP contribution in [0.15, 0.2) is 6.33 Å². The maximum atomic E-state index is 13.5. The van der Waals surface area contributed by atoms with Crippen molar-refractivity contribution < 1.29 is 9.90 Å². The largest absolute Gasteiger partial charge is 0.390 e. The molecule has 0 aromatic carbocycles. The van der Waals surface area contributed by atoms with E-state index in [1.54, 1.807) is 11.0 Å². The molecule has 6 rings (SSSR count). The van der Waals surface area contributed by atoms with Gasteiger partial charge in [0.2, 0.25) is 0 Å². The van der Waals surface area contributed by atoms with Gasteiger partial charge >= 0.3 is 0 Å². The van der Waals surface area contributed by atoms with Gasteiger partial charge in [-0.25, -0.2) is 4.68 Å². The first-order valence-corrected chi connectivity index (χ1v) is 12.3. The molecule has 5 aliphatic rings. The number of carbonyl (C=O) groups is 1. The van der Waals surface area contributed by atoms with Gasteiger partial charge in [0.05, 0.1) is 5.60 Å². The van der Waals surface area contributed by atoms with Crippen LogP contribution in [0.2, 0.25) is 0 Å². The number of ketones is 1. The number of nitrogens with zero attached hydrogens (tertiary/aromatic N) is 4. The van der Waals surface area contributed by atoms with E-state index in [9.17, 15) is 9.90 Å². The number of aliphatic hydroxyl groups is 1. The lowest BCUT2D eigenvalue weighted by atomic mass is 9.47. The smallest absolute Gasteiger partial charge is 0.158 e. The van der Waals surface area contributed by atoms with E-state index in [1.807, 2.05) is 6.92 Å². The first-order valence-electron chi connectivity index (χ1n) is 12.3. The van der Waals surface area contributed by atoms with Crippen LogP contribution in [0.25, 0.3) is 0 Å². The normalized spacial score (nSPS) is 53.9. The molecule has 5 fully saturated rings. The number of tetrazole rings is 1. The summed E-state index contributed by atoms with van der Waals surface area (Å²) in [6.45, 7) is 7.21. The second-order valence-electron chi connectivity index (χ2n) is 12.1. The molecule has 1 N–H and O–H groups in total. The molecule has 164 valence electrons. The molecular formula is C24H36N4O2. The van der Waals surface area contributed by atoms with Gasteiger partial charge in [-0.05, 0) is 115 Å². The predicted octanol–water partition coefficient (Wildman–Crippen LogP) is 3.36. The molecule has 30 heavy (non-hydrogen) atoms. The minimum Gasteiger partial charge on any atom is -0.390 e. The van der Waals surface area contributed by atoms with Gasteiger partial charge in [-0.2, -0.15) is 0 Å². The van der Waals surface area contributed by atoms with E-state index in [0.717, 1.165) is 36.5 Å². The average molecular weight is 413 g/mol. The third-order valence-electron chi connectivity index (χ3n) is 10.6. The van der Waals surface area contributed by atoms with Crippen LogP contribution < -0.4 is 0 Å². The monoisotopic (exact) mass is 412 g/mol. The summed E-state index contributed by atoms with van der Waals surface area (Å²) in [5.41, 5.74) is -0.296. The summed E-state index contributed by atoms with van der Waals surface area (Å²) in [4.78, 5) is 13.5. The Morgan fingerprint density at radius 1 is 1.10 bits per heavy atom. The zero-order chi connectivity index (χ0) is 20.8. The van der Waals surface area contributed by atoms with E-state index in [0.29, 0.717) is 36.0 Å². The van der Waals surface area contributed by atoms with Crippen LogP contribution in [0.4, 0.5) is 0 Å². The fraction of sp³-hybridized carbons (Fsp3) is 0.917. The Labute approximate surface area is 179 Å². The molecule has 1 heterocycles. The maximum Gasteiger partial charge on any atom is 0.158 e. The highest BCUT2D eigenvalue weighted by Gasteiger charge is 2.73. The standard InChI is InChI=1S/C24H36N4O2/c1-13-19-20(13)22(18(29)11-28-12-25-26-27-28)24(3)9-7-16-15-6-8-23(2,30)10-14(15)4-5-17(16)21(19)24/h12-17,19-22,30H,4-11H2,1-3H3/t13-,14+,15-,16+,17+,19+,20-,21+,22-,23+,24-/m0/s1.